The van der Waals surface area contributed by atoms with E-state index in [0.29, 0.717) is 38.5 Å². The molecule has 1 aromatic rings. The number of hydrogen-bond donors (Lipinski definition) is 12. The number of esters is 3. The van der Waals surface area contributed by atoms with Crippen molar-refractivity contribution in [2.24, 2.45) is 50.2 Å². The van der Waals surface area contributed by atoms with Gasteiger partial charge in [-0.2, -0.15) is 0 Å². The summed E-state index contributed by atoms with van der Waals surface area (Å²) in [6, 6.07) is 9.13. The molecule has 0 aromatic heterocycles. The van der Waals surface area contributed by atoms with E-state index in [4.69, 9.17) is 52.1 Å². The van der Waals surface area contributed by atoms with Crippen LogP contribution in [-0.2, 0) is 71.3 Å². The Hall–Kier alpha value is -4.18. The number of carboxylic acids is 1. The molecule has 0 spiro atoms. The predicted octanol–water partition coefficient (Wildman–Crippen LogP) is 0.515. The van der Waals surface area contributed by atoms with Crippen LogP contribution in [0.3, 0.4) is 0 Å². The third kappa shape index (κ3) is 12.6. The van der Waals surface area contributed by atoms with Crippen molar-refractivity contribution < 1.29 is 133 Å². The van der Waals surface area contributed by atoms with Gasteiger partial charge in [0, 0.05) is 25.3 Å². The van der Waals surface area contributed by atoms with Crippen LogP contribution < -0.4 is 0 Å². The lowest BCUT2D eigenvalue weighted by Crippen LogP contribution is -2.73. The van der Waals surface area contributed by atoms with Crippen molar-refractivity contribution in [1.82, 2.24) is 0 Å². The monoisotopic (exact) mass is 1320 g/mol. The molecule has 4 aliphatic heterocycles. The molecule has 30 unspecified atom stereocenters. The van der Waals surface area contributed by atoms with Gasteiger partial charge in [0.15, 0.2) is 37.4 Å². The number of carboxylic acid groups (broad SMARTS) is 1. The summed E-state index contributed by atoms with van der Waals surface area (Å²) in [5, 5.41) is 133. The summed E-state index contributed by atoms with van der Waals surface area (Å²) in [7, 11) is 0. The number of hydrogen-bond acceptors (Lipinski definition) is 26. The fourth-order valence-electron chi connectivity index (χ4n) is 18.2. The maximum absolute atomic E-state index is 14.1. The van der Waals surface area contributed by atoms with Gasteiger partial charge in [-0.15, -0.1) is 0 Å². The van der Waals surface area contributed by atoms with Crippen molar-refractivity contribution in [2.45, 2.75) is 255 Å². The highest BCUT2D eigenvalue weighted by molar-refractivity contribution is 5.87. The average Bonchev–Trinajstić information content (AvgIpc) is 0.668. The van der Waals surface area contributed by atoms with Crippen LogP contribution in [0, 0.1) is 50.2 Å². The maximum Gasteiger partial charge on any atom is 0.335 e. The van der Waals surface area contributed by atoms with Gasteiger partial charge in [-0.25, -0.2) is 9.59 Å². The third-order valence-electron chi connectivity index (χ3n) is 23.3. The molecule has 10 rings (SSSR count). The second kappa shape index (κ2) is 26.9. The summed E-state index contributed by atoms with van der Waals surface area (Å²) in [5.74, 6) is -4.47. The van der Waals surface area contributed by atoms with Gasteiger partial charge in [-0.05, 0) is 103 Å². The molecule has 8 fully saturated rings. The summed E-state index contributed by atoms with van der Waals surface area (Å²) in [4.78, 5) is 54.0. The van der Waals surface area contributed by atoms with Crippen LogP contribution in [0.1, 0.15) is 120 Å². The van der Waals surface area contributed by atoms with Crippen molar-refractivity contribution >= 4 is 30.0 Å². The zero-order chi connectivity index (χ0) is 68.0. The number of aliphatic carboxylic acids is 1. The zero-order valence-electron chi connectivity index (χ0n) is 54.2. The first kappa shape index (κ1) is 71.6. The van der Waals surface area contributed by atoms with Gasteiger partial charge in [0.25, 0.3) is 0 Å². The van der Waals surface area contributed by atoms with Crippen LogP contribution in [-0.4, -0.2) is 246 Å². The molecule has 4 heterocycles. The topological polar surface area (TPSA) is 413 Å². The van der Waals surface area contributed by atoms with Crippen molar-refractivity contribution in [1.29, 1.82) is 0 Å². The van der Waals surface area contributed by atoms with Crippen molar-refractivity contribution in [2.75, 3.05) is 19.8 Å². The van der Waals surface area contributed by atoms with Gasteiger partial charge in [0.1, 0.15) is 91.6 Å². The third-order valence-corrected chi connectivity index (χ3v) is 23.3. The summed E-state index contributed by atoms with van der Waals surface area (Å²) >= 11 is 0. The molecule has 9 aliphatic rings. The number of allylic oxidation sites excluding steroid dienone is 2. The molecule has 27 heteroatoms. The van der Waals surface area contributed by atoms with Crippen LogP contribution in [0.5, 0.6) is 0 Å². The average molecular weight is 1320 g/mol. The van der Waals surface area contributed by atoms with E-state index in [2.05, 4.69) is 26.8 Å². The smallest absolute Gasteiger partial charge is 0.335 e. The first-order valence-electron chi connectivity index (χ1n) is 32.4. The Balaban J connectivity index is 0.980. The number of aliphatic hydroxyl groups is 11. The lowest BCUT2D eigenvalue weighted by molar-refractivity contribution is -0.400. The number of ether oxygens (including phenoxy) is 11. The lowest BCUT2D eigenvalue weighted by atomic mass is 9.33. The van der Waals surface area contributed by atoms with Crippen LogP contribution in [0.15, 0.2) is 48.1 Å². The van der Waals surface area contributed by atoms with E-state index < -0.39 is 223 Å². The van der Waals surface area contributed by atoms with Crippen LogP contribution in [0.25, 0.3) is 6.08 Å². The van der Waals surface area contributed by atoms with Crippen molar-refractivity contribution in [3.8, 4) is 0 Å². The van der Waals surface area contributed by atoms with Gasteiger partial charge in [0.2, 0.25) is 0 Å². The molecule has 30 atom stereocenters. The normalized spacial score (nSPS) is 47.7. The minimum atomic E-state index is -2.23. The predicted molar refractivity (Wildman–Crippen MR) is 318 cm³/mol. The largest absolute Gasteiger partial charge is 0.479 e. The van der Waals surface area contributed by atoms with E-state index in [1.165, 1.54) is 26.8 Å². The van der Waals surface area contributed by atoms with Gasteiger partial charge < -0.3 is 113 Å². The molecular weight excluding hydrogens is 1220 g/mol. The highest BCUT2D eigenvalue weighted by Crippen LogP contribution is 2.76. The first-order valence-corrected chi connectivity index (χ1v) is 32.4. The molecule has 1 aromatic carbocycles. The number of fused-ring (bicyclic) bond motifs is 7. The van der Waals surface area contributed by atoms with Crippen LogP contribution in [0.4, 0.5) is 0 Å². The Labute approximate surface area is 539 Å². The maximum atomic E-state index is 14.1. The second-order valence-electron chi connectivity index (χ2n) is 29.4. The molecule has 0 bridgehead atoms. The summed E-state index contributed by atoms with van der Waals surface area (Å²) in [5.41, 5.74) is -3.16. The molecule has 5 aliphatic carbocycles. The Kier molecular flexibility index (Phi) is 20.7. The fourth-order valence-corrected chi connectivity index (χ4v) is 18.2. The number of carbonyl (C=O) groups is 4. The zero-order valence-corrected chi connectivity index (χ0v) is 54.2. The SMILES string of the molecule is CC(=O)OC1C(OC(=O)/C=C/c2ccccc2)C2(CO)C(OC(C)=O)CC3(C)C(=CCC4C5(C)CCC(OC6OC(C(=O)O)C(O)C(OC7OCC(O)C(O)C7OC7OC(C)C(O)C(O)C7O)C6OC6OC(CO)C(O)C(O)C6O)C(C)(C)C5CCC43C)C2CC1(C)C. The number of rotatable bonds is 16. The van der Waals surface area contributed by atoms with E-state index in [-0.39, 0.29) is 18.3 Å². The Bertz CT molecular complexity index is 2910. The minimum absolute atomic E-state index is 0.0619. The molecular formula is C66H96O27. The number of aliphatic hydroxyl groups excluding tert-OH is 11. The van der Waals surface area contributed by atoms with Crippen LogP contribution >= 0.6 is 0 Å². The van der Waals surface area contributed by atoms with E-state index >= 15 is 0 Å². The molecule has 0 radical (unpaired) electrons. The standard InChI is InChI=1S/C66H96O27/c1-29-42(73)45(76)47(78)57(84-29)92-52-43(74)35(71)27-83-59(52)90-50-49(80)51(56(81)82)91-60(53(50)93-58-48(79)46(77)44(75)36(26-67)87-58)88-39-21-22-63(8)37(62(39,6)7)20-23-64(9)38(63)18-17-33-34-24-61(4,5)54(86-31(3)70)55(89-41(72)19-16-32-14-12-11-13-15-32)66(34,28-68)40(85-30(2)69)25-65(33,64)10/h11-17,19,29,34-40,42-55,57-60,67-68,71,73-80H,18,20-28H2,1-10H3,(H,81,82)/b19-16+. The number of carbonyl (C=O) groups excluding carboxylic acids is 3. The number of benzene rings is 1. The van der Waals surface area contributed by atoms with Gasteiger partial charge in [-0.3, -0.25) is 9.59 Å². The van der Waals surface area contributed by atoms with E-state index in [1.54, 1.807) is 6.08 Å². The van der Waals surface area contributed by atoms with Gasteiger partial charge in [-0.1, -0.05) is 90.4 Å². The molecule has 522 valence electrons. The van der Waals surface area contributed by atoms with E-state index in [9.17, 15) is 80.5 Å². The molecule has 27 nitrogen and oxygen atoms in total. The Morgan fingerprint density at radius 3 is 1.89 bits per heavy atom. The van der Waals surface area contributed by atoms with Gasteiger partial charge in [0.05, 0.1) is 37.4 Å². The highest BCUT2D eigenvalue weighted by Gasteiger charge is 2.75. The summed E-state index contributed by atoms with van der Waals surface area (Å²) in [6.45, 7) is 16.5. The minimum Gasteiger partial charge on any atom is -0.479 e. The van der Waals surface area contributed by atoms with Crippen molar-refractivity contribution in [3.63, 3.8) is 0 Å². The van der Waals surface area contributed by atoms with E-state index in [1.807, 2.05) is 58.0 Å². The second-order valence-corrected chi connectivity index (χ2v) is 29.4. The molecule has 93 heavy (non-hydrogen) atoms. The Morgan fingerprint density at radius 2 is 1.26 bits per heavy atom. The first-order chi connectivity index (χ1) is 43.6. The molecule has 4 saturated heterocycles. The summed E-state index contributed by atoms with van der Waals surface area (Å²) < 4.78 is 68.2. The quantitative estimate of drug-likeness (QED) is 0.0353. The summed E-state index contributed by atoms with van der Waals surface area (Å²) in [6.07, 6.45) is -31.1. The Morgan fingerprint density at radius 1 is 0.624 bits per heavy atom. The van der Waals surface area contributed by atoms with Crippen molar-refractivity contribution in [3.05, 3.63) is 53.6 Å². The molecule has 12 N–H and O–H groups in total. The molecule has 4 saturated carbocycles. The highest BCUT2D eigenvalue weighted by atomic mass is 16.8. The van der Waals surface area contributed by atoms with Crippen LogP contribution in [0.2, 0.25) is 0 Å². The van der Waals surface area contributed by atoms with E-state index in [0.717, 1.165) is 11.1 Å². The molecule has 0 amide bonds. The lowest BCUT2D eigenvalue weighted by Gasteiger charge is -2.72. The van der Waals surface area contributed by atoms with Gasteiger partial charge >= 0.3 is 23.9 Å². The fraction of sp³-hybridized carbons (Fsp3) is 0.788.